The molecule has 1 rings (SSSR count). The second-order valence-corrected chi connectivity index (χ2v) is 6.73. The molecule has 1 aromatic heterocycles. The Hall–Kier alpha value is -1.04. The molecule has 5 nitrogen and oxygen atoms in total. The van der Waals surface area contributed by atoms with E-state index < -0.39 is 0 Å². The van der Waals surface area contributed by atoms with Gasteiger partial charge >= 0.3 is 6.01 Å². The normalized spacial score (nSPS) is 12.8. The predicted octanol–water partition coefficient (Wildman–Crippen LogP) is 3.62. The molecule has 0 bridgehead atoms. The van der Waals surface area contributed by atoms with Crippen LogP contribution >= 0.6 is 11.8 Å². The third-order valence-corrected chi connectivity index (χ3v) is 4.01. The number of anilines is 1. The number of aromatic nitrogens is 3. The van der Waals surface area contributed by atoms with Gasteiger partial charge in [0.1, 0.15) is 0 Å². The predicted molar refractivity (Wildman–Crippen MR) is 84.5 cm³/mol. The van der Waals surface area contributed by atoms with Gasteiger partial charge in [-0.15, -0.1) is 0 Å². The highest BCUT2D eigenvalue weighted by Gasteiger charge is 2.14. The number of ether oxygens (including phenoxy) is 1. The quantitative estimate of drug-likeness (QED) is 0.740. The third-order valence-electron chi connectivity index (χ3n) is 2.70. The highest BCUT2D eigenvalue weighted by Crippen LogP contribution is 2.26. The lowest BCUT2D eigenvalue weighted by molar-refractivity contribution is 0.219. The Bertz CT molecular complexity index is 412. The van der Waals surface area contributed by atoms with Gasteiger partial charge in [0.2, 0.25) is 5.95 Å². The highest BCUT2D eigenvalue weighted by atomic mass is 32.2. The molecule has 0 aliphatic heterocycles. The summed E-state index contributed by atoms with van der Waals surface area (Å²) in [5.74, 6) is 1.16. The molecule has 1 aromatic rings. The summed E-state index contributed by atoms with van der Waals surface area (Å²) in [6, 6.07) is 0.395. The first-order valence-electron chi connectivity index (χ1n) is 7.25. The zero-order chi connectivity index (χ0) is 15.1. The summed E-state index contributed by atoms with van der Waals surface area (Å²) in [6.45, 7) is 13.5. The van der Waals surface area contributed by atoms with Crippen LogP contribution in [0.4, 0.5) is 5.95 Å². The molecule has 1 atom stereocenters. The van der Waals surface area contributed by atoms with Gasteiger partial charge < -0.3 is 10.1 Å². The highest BCUT2D eigenvalue weighted by molar-refractivity contribution is 7.99. The van der Waals surface area contributed by atoms with Gasteiger partial charge in [0.05, 0.1) is 6.10 Å². The summed E-state index contributed by atoms with van der Waals surface area (Å²) in [5.41, 5.74) is 0. The van der Waals surface area contributed by atoms with Crippen molar-refractivity contribution in [3.8, 4) is 6.01 Å². The van der Waals surface area contributed by atoms with Crippen molar-refractivity contribution in [1.29, 1.82) is 0 Å². The number of nitrogens with zero attached hydrogens (tertiary/aromatic N) is 3. The van der Waals surface area contributed by atoms with Crippen molar-refractivity contribution >= 4 is 17.7 Å². The van der Waals surface area contributed by atoms with Crippen LogP contribution in [0.5, 0.6) is 6.01 Å². The molecule has 0 radical (unpaired) electrons. The minimum absolute atomic E-state index is 0.0526. The average molecular weight is 298 g/mol. The standard InChI is InChI=1S/C14H26N4OS/c1-7-8-15-12-16-13(19-10(4)5)18-14(17-12)20-11(6)9(2)3/h9-11H,7-8H2,1-6H3,(H,15,16,17,18). The van der Waals surface area contributed by atoms with Crippen molar-refractivity contribution in [1.82, 2.24) is 15.0 Å². The summed E-state index contributed by atoms with van der Waals surface area (Å²) in [6.07, 6.45) is 1.08. The lowest BCUT2D eigenvalue weighted by Gasteiger charge is -2.15. The molecule has 0 aromatic carbocycles. The SMILES string of the molecule is CCCNc1nc(OC(C)C)nc(SC(C)C(C)C)n1. The van der Waals surface area contributed by atoms with E-state index in [0.29, 0.717) is 23.1 Å². The molecule has 0 saturated heterocycles. The minimum atomic E-state index is 0.0526. The van der Waals surface area contributed by atoms with Gasteiger partial charge in [0.15, 0.2) is 5.16 Å². The molecule has 0 spiro atoms. The van der Waals surface area contributed by atoms with Gasteiger partial charge in [0, 0.05) is 11.8 Å². The molecular formula is C14H26N4OS. The van der Waals surface area contributed by atoms with E-state index in [1.807, 2.05) is 13.8 Å². The van der Waals surface area contributed by atoms with Gasteiger partial charge in [-0.1, -0.05) is 39.5 Å². The van der Waals surface area contributed by atoms with E-state index in [1.54, 1.807) is 11.8 Å². The molecular weight excluding hydrogens is 272 g/mol. The molecule has 6 heteroatoms. The van der Waals surface area contributed by atoms with Crippen LogP contribution in [0.25, 0.3) is 0 Å². The first-order chi connectivity index (χ1) is 9.42. The minimum Gasteiger partial charge on any atom is -0.461 e. The Balaban J connectivity index is 2.90. The van der Waals surface area contributed by atoms with Crippen LogP contribution in [0, 0.1) is 5.92 Å². The van der Waals surface area contributed by atoms with Gasteiger partial charge in [-0.25, -0.2) is 0 Å². The van der Waals surface area contributed by atoms with Crippen LogP contribution in [-0.4, -0.2) is 32.9 Å². The summed E-state index contributed by atoms with van der Waals surface area (Å²) in [7, 11) is 0. The molecule has 20 heavy (non-hydrogen) atoms. The molecule has 1 heterocycles. The van der Waals surface area contributed by atoms with Crippen LogP contribution in [0.15, 0.2) is 5.16 Å². The second kappa shape index (κ2) is 8.29. The molecule has 0 aliphatic carbocycles. The van der Waals surface area contributed by atoms with Crippen LogP contribution < -0.4 is 10.1 Å². The lowest BCUT2D eigenvalue weighted by Crippen LogP contribution is -2.13. The van der Waals surface area contributed by atoms with Crippen molar-refractivity contribution in [3.05, 3.63) is 0 Å². The summed E-state index contributed by atoms with van der Waals surface area (Å²) in [5, 5.41) is 4.36. The van der Waals surface area contributed by atoms with Crippen molar-refractivity contribution < 1.29 is 4.74 Å². The fourth-order valence-electron chi connectivity index (χ4n) is 1.27. The average Bonchev–Trinajstić information content (AvgIpc) is 2.35. The Kier molecular flexibility index (Phi) is 7.05. The maximum absolute atomic E-state index is 5.60. The summed E-state index contributed by atoms with van der Waals surface area (Å²) < 4.78 is 5.60. The molecule has 114 valence electrons. The first kappa shape index (κ1) is 17.0. The van der Waals surface area contributed by atoms with Crippen molar-refractivity contribution in [3.63, 3.8) is 0 Å². The van der Waals surface area contributed by atoms with Crippen LogP contribution in [0.3, 0.4) is 0 Å². The lowest BCUT2D eigenvalue weighted by atomic mass is 10.2. The van der Waals surface area contributed by atoms with E-state index in [9.17, 15) is 0 Å². The van der Waals surface area contributed by atoms with Crippen molar-refractivity contribution in [2.45, 2.75) is 64.5 Å². The van der Waals surface area contributed by atoms with Gasteiger partial charge in [0.25, 0.3) is 0 Å². The van der Waals surface area contributed by atoms with E-state index in [0.717, 1.165) is 18.1 Å². The van der Waals surface area contributed by atoms with E-state index in [1.165, 1.54) is 0 Å². The molecule has 0 amide bonds. The van der Waals surface area contributed by atoms with Gasteiger partial charge in [-0.2, -0.15) is 15.0 Å². The smallest absolute Gasteiger partial charge is 0.322 e. The maximum atomic E-state index is 5.60. The zero-order valence-electron chi connectivity index (χ0n) is 13.3. The summed E-state index contributed by atoms with van der Waals surface area (Å²) in [4.78, 5) is 13.1. The summed E-state index contributed by atoms with van der Waals surface area (Å²) >= 11 is 1.66. The molecule has 1 unspecified atom stereocenters. The fraction of sp³-hybridized carbons (Fsp3) is 0.786. The number of thioether (sulfide) groups is 1. The van der Waals surface area contributed by atoms with Crippen LogP contribution in [-0.2, 0) is 0 Å². The number of hydrogen-bond acceptors (Lipinski definition) is 6. The van der Waals surface area contributed by atoms with E-state index in [4.69, 9.17) is 4.74 Å². The number of nitrogens with one attached hydrogen (secondary N) is 1. The Morgan fingerprint density at radius 1 is 1.10 bits per heavy atom. The monoisotopic (exact) mass is 298 g/mol. The fourth-order valence-corrected chi connectivity index (χ4v) is 2.15. The molecule has 1 N–H and O–H groups in total. The van der Waals surface area contributed by atoms with Gasteiger partial charge in [-0.3, -0.25) is 0 Å². The number of rotatable bonds is 8. The van der Waals surface area contributed by atoms with E-state index in [2.05, 4.69) is 48.0 Å². The molecule has 0 aliphatic rings. The number of hydrogen-bond donors (Lipinski definition) is 1. The van der Waals surface area contributed by atoms with Crippen molar-refractivity contribution in [2.24, 2.45) is 5.92 Å². The van der Waals surface area contributed by atoms with E-state index >= 15 is 0 Å². The first-order valence-corrected chi connectivity index (χ1v) is 8.13. The Morgan fingerprint density at radius 2 is 1.80 bits per heavy atom. The topological polar surface area (TPSA) is 59.9 Å². The maximum Gasteiger partial charge on any atom is 0.322 e. The van der Waals surface area contributed by atoms with Crippen LogP contribution in [0.2, 0.25) is 0 Å². The second-order valence-electron chi connectivity index (χ2n) is 5.38. The van der Waals surface area contributed by atoms with Crippen LogP contribution in [0.1, 0.15) is 48.0 Å². The van der Waals surface area contributed by atoms with Crippen molar-refractivity contribution in [2.75, 3.05) is 11.9 Å². The molecule has 0 fully saturated rings. The largest absolute Gasteiger partial charge is 0.461 e. The third kappa shape index (κ3) is 5.94. The molecule has 0 saturated carbocycles. The van der Waals surface area contributed by atoms with Gasteiger partial charge in [-0.05, 0) is 26.2 Å². The zero-order valence-corrected chi connectivity index (χ0v) is 14.1. The Labute approximate surface area is 126 Å². The van der Waals surface area contributed by atoms with E-state index in [-0.39, 0.29) is 6.10 Å². The Morgan fingerprint density at radius 3 is 2.35 bits per heavy atom.